The number of hydrogen-bond acceptors (Lipinski definition) is 3. The Labute approximate surface area is 98.9 Å². The minimum atomic E-state index is -1.01. The van der Waals surface area contributed by atoms with Crippen LogP contribution < -0.4 is 0 Å². The van der Waals surface area contributed by atoms with Crippen LogP contribution in [0.25, 0.3) is 0 Å². The highest BCUT2D eigenvalue weighted by Crippen LogP contribution is 2.20. The maximum absolute atomic E-state index is 13.1. The second-order valence-electron chi connectivity index (χ2n) is 3.85. The minimum Gasteiger partial charge on any atom is -0.480 e. The van der Waals surface area contributed by atoms with E-state index in [1.165, 1.54) is 17.0 Å². The summed E-state index contributed by atoms with van der Waals surface area (Å²) in [6.45, 7) is 1.36. The first-order chi connectivity index (χ1) is 7.95. The SMILES string of the molecule is Cc1cc(C(C#N)N(C)CC(=O)O)ccc1F. The van der Waals surface area contributed by atoms with Gasteiger partial charge in [0.25, 0.3) is 0 Å². The van der Waals surface area contributed by atoms with Crippen molar-refractivity contribution in [1.29, 1.82) is 5.26 Å². The molecule has 0 bridgehead atoms. The maximum Gasteiger partial charge on any atom is 0.317 e. The summed E-state index contributed by atoms with van der Waals surface area (Å²) in [5, 5.41) is 17.7. The zero-order chi connectivity index (χ0) is 13.0. The number of aryl methyl sites for hydroxylation is 1. The van der Waals surface area contributed by atoms with Crippen molar-refractivity contribution in [2.45, 2.75) is 13.0 Å². The Morgan fingerprint density at radius 1 is 1.65 bits per heavy atom. The third-order valence-corrected chi connectivity index (χ3v) is 2.45. The van der Waals surface area contributed by atoms with Gasteiger partial charge in [-0.15, -0.1) is 0 Å². The molecule has 1 N–H and O–H groups in total. The van der Waals surface area contributed by atoms with Gasteiger partial charge in [-0.05, 0) is 31.2 Å². The third-order valence-electron chi connectivity index (χ3n) is 2.45. The van der Waals surface area contributed by atoms with E-state index < -0.39 is 12.0 Å². The Balaban J connectivity index is 2.98. The smallest absolute Gasteiger partial charge is 0.317 e. The molecule has 5 heteroatoms. The van der Waals surface area contributed by atoms with Gasteiger partial charge in [-0.3, -0.25) is 9.69 Å². The largest absolute Gasteiger partial charge is 0.480 e. The number of carboxylic acid groups (broad SMARTS) is 1. The van der Waals surface area contributed by atoms with Crippen LogP contribution in [-0.4, -0.2) is 29.6 Å². The number of nitrogens with zero attached hydrogens (tertiary/aromatic N) is 2. The quantitative estimate of drug-likeness (QED) is 0.864. The molecule has 0 aliphatic rings. The van der Waals surface area contributed by atoms with E-state index in [0.717, 1.165) is 0 Å². The van der Waals surface area contributed by atoms with Crippen LogP contribution in [0.2, 0.25) is 0 Å². The minimum absolute atomic E-state index is 0.241. The van der Waals surface area contributed by atoms with Crippen LogP contribution >= 0.6 is 0 Å². The molecule has 0 heterocycles. The Kier molecular flexibility index (Phi) is 4.18. The van der Waals surface area contributed by atoms with Crippen molar-refractivity contribution in [1.82, 2.24) is 4.90 Å². The summed E-state index contributed by atoms with van der Waals surface area (Å²) in [5.74, 6) is -1.35. The average Bonchev–Trinajstić information content (AvgIpc) is 2.23. The highest BCUT2D eigenvalue weighted by atomic mass is 19.1. The van der Waals surface area contributed by atoms with E-state index in [1.807, 2.05) is 6.07 Å². The van der Waals surface area contributed by atoms with Crippen molar-refractivity contribution in [2.75, 3.05) is 13.6 Å². The van der Waals surface area contributed by atoms with Crippen molar-refractivity contribution in [3.63, 3.8) is 0 Å². The van der Waals surface area contributed by atoms with Crippen molar-refractivity contribution in [2.24, 2.45) is 0 Å². The summed E-state index contributed by atoms with van der Waals surface area (Å²) in [5.41, 5.74) is 1.03. The van der Waals surface area contributed by atoms with E-state index >= 15 is 0 Å². The lowest BCUT2D eigenvalue weighted by atomic mass is 10.0. The first-order valence-corrected chi connectivity index (χ1v) is 5.03. The molecule has 0 saturated carbocycles. The zero-order valence-electron chi connectivity index (χ0n) is 9.64. The molecule has 0 aromatic heterocycles. The number of hydrogen-bond donors (Lipinski definition) is 1. The number of likely N-dealkylation sites (N-methyl/N-ethyl adjacent to an activating group) is 1. The number of carbonyl (C=O) groups is 1. The van der Waals surface area contributed by atoms with Crippen LogP contribution in [0.1, 0.15) is 17.2 Å². The maximum atomic E-state index is 13.1. The second kappa shape index (κ2) is 5.41. The molecule has 0 spiro atoms. The van der Waals surface area contributed by atoms with Gasteiger partial charge in [-0.25, -0.2) is 4.39 Å². The molecule has 4 nitrogen and oxygen atoms in total. The van der Waals surface area contributed by atoms with E-state index in [1.54, 1.807) is 20.0 Å². The van der Waals surface area contributed by atoms with Crippen LogP contribution in [0, 0.1) is 24.1 Å². The predicted octanol–water partition coefficient (Wildman–Crippen LogP) is 1.72. The first kappa shape index (κ1) is 13.1. The molecular weight excluding hydrogens is 223 g/mol. The topological polar surface area (TPSA) is 64.3 Å². The summed E-state index contributed by atoms with van der Waals surface area (Å²) < 4.78 is 13.1. The standard InChI is InChI=1S/C12H13FN2O2/c1-8-5-9(3-4-10(8)13)11(6-14)15(2)7-12(16)17/h3-5,11H,7H2,1-2H3,(H,16,17). The fourth-order valence-corrected chi connectivity index (χ4v) is 1.57. The van der Waals surface area contributed by atoms with E-state index in [9.17, 15) is 9.18 Å². The molecule has 1 aromatic rings. The highest BCUT2D eigenvalue weighted by Gasteiger charge is 2.19. The van der Waals surface area contributed by atoms with Crippen molar-refractivity contribution < 1.29 is 14.3 Å². The number of carboxylic acids is 1. The lowest BCUT2D eigenvalue weighted by molar-refractivity contribution is -0.138. The monoisotopic (exact) mass is 236 g/mol. The molecule has 0 radical (unpaired) electrons. The van der Waals surface area contributed by atoms with E-state index in [4.69, 9.17) is 10.4 Å². The van der Waals surface area contributed by atoms with Crippen molar-refractivity contribution >= 4 is 5.97 Å². The summed E-state index contributed by atoms with van der Waals surface area (Å²) in [4.78, 5) is 12.0. The van der Waals surface area contributed by atoms with Gasteiger partial charge in [-0.1, -0.05) is 12.1 Å². The molecule has 1 unspecified atom stereocenters. The number of rotatable bonds is 4. The number of benzene rings is 1. The highest BCUT2D eigenvalue weighted by molar-refractivity contribution is 5.69. The van der Waals surface area contributed by atoms with Crippen molar-refractivity contribution in [3.05, 3.63) is 35.1 Å². The molecular formula is C12H13FN2O2. The fraction of sp³-hybridized carbons (Fsp3) is 0.333. The molecule has 0 aliphatic heterocycles. The molecule has 90 valence electrons. The fourth-order valence-electron chi connectivity index (χ4n) is 1.57. The molecule has 0 saturated heterocycles. The Bertz CT molecular complexity index is 468. The van der Waals surface area contributed by atoms with Gasteiger partial charge < -0.3 is 5.11 Å². The molecule has 1 aromatic carbocycles. The zero-order valence-corrected chi connectivity index (χ0v) is 9.64. The third kappa shape index (κ3) is 3.26. The summed E-state index contributed by atoms with van der Waals surface area (Å²) >= 11 is 0. The molecule has 0 amide bonds. The summed E-state index contributed by atoms with van der Waals surface area (Å²) in [6, 6.07) is 5.65. The van der Waals surface area contributed by atoms with E-state index in [0.29, 0.717) is 11.1 Å². The van der Waals surface area contributed by atoms with Gasteiger partial charge >= 0.3 is 5.97 Å². The Morgan fingerprint density at radius 2 is 2.29 bits per heavy atom. The van der Waals surface area contributed by atoms with Gasteiger partial charge in [0.2, 0.25) is 0 Å². The van der Waals surface area contributed by atoms with Gasteiger partial charge in [0, 0.05) is 0 Å². The molecule has 17 heavy (non-hydrogen) atoms. The van der Waals surface area contributed by atoms with E-state index in [-0.39, 0.29) is 12.4 Å². The Morgan fingerprint density at radius 3 is 2.76 bits per heavy atom. The number of nitriles is 1. The van der Waals surface area contributed by atoms with Gasteiger partial charge in [0.05, 0.1) is 12.6 Å². The molecule has 1 rings (SSSR count). The Hall–Kier alpha value is -1.93. The summed E-state index contributed by atoms with van der Waals surface area (Å²) in [7, 11) is 1.54. The van der Waals surface area contributed by atoms with Gasteiger partial charge in [0.15, 0.2) is 0 Å². The first-order valence-electron chi connectivity index (χ1n) is 5.03. The normalized spacial score (nSPS) is 12.2. The lowest BCUT2D eigenvalue weighted by Crippen LogP contribution is -2.29. The second-order valence-corrected chi connectivity index (χ2v) is 3.85. The molecule has 0 fully saturated rings. The van der Waals surface area contributed by atoms with Crippen LogP contribution in [-0.2, 0) is 4.79 Å². The lowest BCUT2D eigenvalue weighted by Gasteiger charge is -2.21. The van der Waals surface area contributed by atoms with Crippen molar-refractivity contribution in [3.8, 4) is 6.07 Å². The molecule has 1 atom stereocenters. The molecule has 0 aliphatic carbocycles. The van der Waals surface area contributed by atoms with E-state index in [2.05, 4.69) is 0 Å². The average molecular weight is 236 g/mol. The van der Waals surface area contributed by atoms with Gasteiger partial charge in [-0.2, -0.15) is 5.26 Å². The predicted molar refractivity (Wildman–Crippen MR) is 59.8 cm³/mol. The number of halogens is 1. The number of aliphatic carboxylic acids is 1. The van der Waals surface area contributed by atoms with Crippen LogP contribution in [0.3, 0.4) is 0 Å². The van der Waals surface area contributed by atoms with Gasteiger partial charge in [0.1, 0.15) is 11.9 Å². The van der Waals surface area contributed by atoms with Crippen LogP contribution in [0.4, 0.5) is 4.39 Å². The summed E-state index contributed by atoms with van der Waals surface area (Å²) in [6.07, 6.45) is 0. The van der Waals surface area contributed by atoms with Crippen LogP contribution in [0.5, 0.6) is 0 Å². The van der Waals surface area contributed by atoms with Crippen LogP contribution in [0.15, 0.2) is 18.2 Å².